The van der Waals surface area contributed by atoms with Gasteiger partial charge in [-0.05, 0) is 76.1 Å². The van der Waals surface area contributed by atoms with Crippen LogP contribution >= 0.6 is 11.6 Å². The van der Waals surface area contributed by atoms with E-state index in [2.05, 4.69) is 15.1 Å². The fourth-order valence-electron chi connectivity index (χ4n) is 4.52. The summed E-state index contributed by atoms with van der Waals surface area (Å²) in [5, 5.41) is 3.59. The van der Waals surface area contributed by atoms with Crippen LogP contribution in [0.5, 0.6) is 0 Å². The van der Waals surface area contributed by atoms with Crippen LogP contribution in [0.2, 0.25) is 5.02 Å². The maximum absolute atomic E-state index is 13.7. The lowest BCUT2D eigenvalue weighted by Gasteiger charge is -2.37. The Balaban J connectivity index is 1.35. The van der Waals surface area contributed by atoms with Crippen molar-refractivity contribution in [2.24, 2.45) is 5.92 Å². The number of halogens is 2. The summed E-state index contributed by atoms with van der Waals surface area (Å²) in [5.41, 5.74) is 1.58. The van der Waals surface area contributed by atoms with E-state index in [1.807, 2.05) is 13.0 Å². The molecule has 0 spiro atoms. The molecule has 2 fully saturated rings. The highest BCUT2D eigenvalue weighted by molar-refractivity contribution is 6.33. The number of aryl methyl sites for hydroxylation is 1. The van der Waals surface area contributed by atoms with Crippen molar-refractivity contribution in [3.05, 3.63) is 28.5 Å². The SMILES string of the molecule is CCOCC(=O)NC1CCC(CCN2CCN(c3cc(C)c(F)cc3Cl)CC2)CC1. The fourth-order valence-corrected chi connectivity index (χ4v) is 4.79. The summed E-state index contributed by atoms with van der Waals surface area (Å²) in [6.07, 6.45) is 5.72. The Kier molecular flexibility index (Phi) is 8.78. The van der Waals surface area contributed by atoms with Crippen molar-refractivity contribution >= 4 is 23.2 Å². The number of ether oxygens (including phenoxy) is 1. The molecule has 0 bridgehead atoms. The molecule has 1 saturated heterocycles. The van der Waals surface area contributed by atoms with Gasteiger partial charge in [0.25, 0.3) is 0 Å². The van der Waals surface area contributed by atoms with Gasteiger partial charge < -0.3 is 15.0 Å². The zero-order valence-corrected chi connectivity index (χ0v) is 19.0. The van der Waals surface area contributed by atoms with Gasteiger partial charge in [0.2, 0.25) is 5.91 Å². The van der Waals surface area contributed by atoms with Crippen LogP contribution in [0.4, 0.5) is 10.1 Å². The number of anilines is 1. The summed E-state index contributed by atoms with van der Waals surface area (Å²) >= 11 is 6.27. The molecule has 1 heterocycles. The zero-order chi connectivity index (χ0) is 21.5. The molecule has 1 N–H and O–H groups in total. The van der Waals surface area contributed by atoms with E-state index in [1.165, 1.54) is 25.3 Å². The van der Waals surface area contributed by atoms with Crippen molar-refractivity contribution in [2.75, 3.05) is 50.8 Å². The number of hydrogen-bond donors (Lipinski definition) is 1. The molecule has 1 aromatic carbocycles. The number of hydrogen-bond acceptors (Lipinski definition) is 4. The van der Waals surface area contributed by atoms with Crippen LogP contribution in [0.1, 0.15) is 44.6 Å². The van der Waals surface area contributed by atoms with Gasteiger partial charge in [-0.15, -0.1) is 0 Å². The highest BCUT2D eigenvalue weighted by Crippen LogP contribution is 2.30. The first-order valence-corrected chi connectivity index (χ1v) is 11.6. The zero-order valence-electron chi connectivity index (χ0n) is 18.3. The Morgan fingerprint density at radius 1 is 1.20 bits per heavy atom. The first-order valence-electron chi connectivity index (χ1n) is 11.3. The molecule has 3 rings (SSSR count). The van der Waals surface area contributed by atoms with Gasteiger partial charge in [0.05, 0.1) is 10.7 Å². The highest BCUT2D eigenvalue weighted by Gasteiger charge is 2.24. The van der Waals surface area contributed by atoms with E-state index in [1.54, 1.807) is 6.92 Å². The van der Waals surface area contributed by atoms with Gasteiger partial charge >= 0.3 is 0 Å². The summed E-state index contributed by atoms with van der Waals surface area (Å²) in [6.45, 7) is 9.41. The Bertz CT molecular complexity index is 702. The van der Waals surface area contributed by atoms with Crippen LogP contribution in [-0.4, -0.2) is 62.8 Å². The second-order valence-electron chi connectivity index (χ2n) is 8.59. The van der Waals surface area contributed by atoms with Gasteiger partial charge in [-0.1, -0.05) is 11.6 Å². The second-order valence-corrected chi connectivity index (χ2v) is 9.00. The molecule has 0 atom stereocenters. The molecule has 0 radical (unpaired) electrons. The highest BCUT2D eigenvalue weighted by atomic mass is 35.5. The Hall–Kier alpha value is -1.37. The Morgan fingerprint density at radius 2 is 1.90 bits per heavy atom. The number of nitrogens with one attached hydrogen (secondary N) is 1. The average Bonchev–Trinajstić information content (AvgIpc) is 2.75. The van der Waals surface area contributed by atoms with E-state index in [9.17, 15) is 9.18 Å². The molecule has 5 nitrogen and oxygen atoms in total. The summed E-state index contributed by atoms with van der Waals surface area (Å²) in [5.74, 6) is 0.512. The third-order valence-corrected chi connectivity index (χ3v) is 6.75. The van der Waals surface area contributed by atoms with Crippen molar-refractivity contribution in [1.29, 1.82) is 0 Å². The minimum atomic E-state index is -0.244. The lowest BCUT2D eigenvalue weighted by atomic mass is 9.84. The van der Waals surface area contributed by atoms with Crippen molar-refractivity contribution < 1.29 is 13.9 Å². The number of piperazine rings is 1. The number of amides is 1. The largest absolute Gasteiger partial charge is 0.372 e. The molecule has 1 aliphatic heterocycles. The minimum absolute atomic E-state index is 0.00891. The molecular formula is C23H35ClFN3O2. The Morgan fingerprint density at radius 3 is 2.57 bits per heavy atom. The lowest BCUT2D eigenvalue weighted by molar-refractivity contribution is -0.126. The van der Waals surface area contributed by atoms with E-state index < -0.39 is 0 Å². The quantitative estimate of drug-likeness (QED) is 0.664. The third-order valence-electron chi connectivity index (χ3n) is 6.44. The molecule has 1 aliphatic carbocycles. The predicted molar refractivity (Wildman–Crippen MR) is 120 cm³/mol. The predicted octanol–water partition coefficient (Wildman–Crippen LogP) is 4.01. The maximum Gasteiger partial charge on any atom is 0.246 e. The molecule has 1 aromatic rings. The first kappa shape index (κ1) is 23.3. The van der Waals surface area contributed by atoms with Gasteiger partial charge in [0.1, 0.15) is 12.4 Å². The molecule has 1 saturated carbocycles. The fraction of sp³-hybridized carbons (Fsp3) is 0.696. The van der Waals surface area contributed by atoms with E-state index in [0.717, 1.165) is 57.2 Å². The third kappa shape index (κ3) is 6.56. The molecule has 30 heavy (non-hydrogen) atoms. The average molecular weight is 440 g/mol. The molecule has 2 aliphatic rings. The van der Waals surface area contributed by atoms with Crippen molar-refractivity contribution in [3.8, 4) is 0 Å². The maximum atomic E-state index is 13.7. The summed E-state index contributed by atoms with van der Waals surface area (Å²) in [7, 11) is 0. The smallest absolute Gasteiger partial charge is 0.246 e. The van der Waals surface area contributed by atoms with E-state index in [-0.39, 0.29) is 18.3 Å². The normalized spacial score (nSPS) is 22.9. The summed E-state index contributed by atoms with van der Waals surface area (Å²) in [4.78, 5) is 16.6. The Labute approximate surface area is 184 Å². The second kappa shape index (κ2) is 11.3. The van der Waals surface area contributed by atoms with Crippen LogP contribution in [0.3, 0.4) is 0 Å². The molecule has 1 amide bonds. The summed E-state index contributed by atoms with van der Waals surface area (Å²) < 4.78 is 18.8. The standard InChI is InChI=1S/C23H35ClFN3O2/c1-3-30-16-23(29)26-19-6-4-18(5-7-19)8-9-27-10-12-28(13-11-27)22-14-17(2)21(25)15-20(22)24/h14-15,18-19H,3-13,16H2,1-2H3,(H,26,29). The molecule has 168 valence electrons. The topological polar surface area (TPSA) is 44.8 Å². The summed E-state index contributed by atoms with van der Waals surface area (Å²) in [6, 6.07) is 3.59. The monoisotopic (exact) mass is 439 g/mol. The van der Waals surface area contributed by atoms with Gasteiger partial charge in [-0.2, -0.15) is 0 Å². The van der Waals surface area contributed by atoms with Gasteiger partial charge in [0, 0.05) is 38.8 Å². The van der Waals surface area contributed by atoms with E-state index >= 15 is 0 Å². The first-order chi connectivity index (χ1) is 14.5. The van der Waals surface area contributed by atoms with Crippen LogP contribution in [0, 0.1) is 18.7 Å². The van der Waals surface area contributed by atoms with Gasteiger partial charge in [0.15, 0.2) is 0 Å². The number of carbonyl (C=O) groups excluding carboxylic acids is 1. The lowest BCUT2D eigenvalue weighted by Crippen LogP contribution is -2.47. The van der Waals surface area contributed by atoms with Crippen molar-refractivity contribution in [2.45, 2.75) is 52.0 Å². The van der Waals surface area contributed by atoms with Crippen LogP contribution in [0.25, 0.3) is 0 Å². The minimum Gasteiger partial charge on any atom is -0.372 e. The number of rotatable bonds is 8. The van der Waals surface area contributed by atoms with Crippen LogP contribution in [0.15, 0.2) is 12.1 Å². The molecule has 7 heteroatoms. The molecule has 0 unspecified atom stereocenters. The number of nitrogens with zero attached hydrogens (tertiary/aromatic N) is 2. The van der Waals surface area contributed by atoms with E-state index in [0.29, 0.717) is 23.2 Å². The van der Waals surface area contributed by atoms with E-state index in [4.69, 9.17) is 16.3 Å². The van der Waals surface area contributed by atoms with Crippen molar-refractivity contribution in [3.63, 3.8) is 0 Å². The molecule has 0 aromatic heterocycles. The molecular weight excluding hydrogens is 405 g/mol. The van der Waals surface area contributed by atoms with Gasteiger partial charge in [-0.3, -0.25) is 9.69 Å². The number of carbonyl (C=O) groups is 1. The van der Waals surface area contributed by atoms with Crippen molar-refractivity contribution in [1.82, 2.24) is 10.2 Å². The number of benzene rings is 1. The van der Waals surface area contributed by atoms with Gasteiger partial charge in [-0.25, -0.2) is 4.39 Å². The van der Waals surface area contributed by atoms with Crippen LogP contribution in [-0.2, 0) is 9.53 Å². The van der Waals surface area contributed by atoms with Crippen LogP contribution < -0.4 is 10.2 Å².